The molecule has 0 N–H and O–H groups in total. The Kier molecular flexibility index (Phi) is 8.83. The third-order valence-corrected chi connectivity index (χ3v) is 5.26. The average Bonchev–Trinajstić information content (AvgIpc) is 2.81. The molecule has 0 aliphatic carbocycles. The molecule has 2 aromatic rings. The maximum absolute atomic E-state index is 12.8. The minimum atomic E-state index is -0.677. The fourth-order valence-corrected chi connectivity index (χ4v) is 3.71. The monoisotopic (exact) mass is 455 g/mol. The van der Waals surface area contributed by atoms with Crippen molar-refractivity contribution in [2.45, 2.75) is 39.3 Å². The maximum Gasteiger partial charge on any atom is 0.410 e. The van der Waals surface area contributed by atoms with Crippen molar-refractivity contribution < 1.29 is 33.3 Å². The number of ether oxygens (including phenoxy) is 4. The van der Waals surface area contributed by atoms with Crippen molar-refractivity contribution in [2.75, 3.05) is 19.7 Å². The maximum atomic E-state index is 12.8. The molecule has 1 fully saturated rings. The third-order valence-electron chi connectivity index (χ3n) is 5.26. The zero-order valence-corrected chi connectivity index (χ0v) is 18.8. The largest absolute Gasteiger partial charge is 0.465 e. The standard InChI is InChI=1S/C25H29NO7/c1-18(27)30-17-22-13-26(25(29)32-16-21-11-7-4-8-12-21)14-23(24(22)33-19(2)28)31-15-20-9-5-3-6-10-20/h3-12,22-24H,13-17H2,1-2H3/t22-,23-,24-/m1/s1. The van der Waals surface area contributed by atoms with Crippen LogP contribution in [0.15, 0.2) is 60.7 Å². The van der Waals surface area contributed by atoms with Crippen LogP contribution in [0.5, 0.6) is 0 Å². The summed E-state index contributed by atoms with van der Waals surface area (Å²) in [4.78, 5) is 37.6. The molecule has 8 nitrogen and oxygen atoms in total. The highest BCUT2D eigenvalue weighted by Gasteiger charge is 2.42. The molecule has 1 saturated heterocycles. The Balaban J connectivity index is 1.73. The number of benzene rings is 2. The Morgan fingerprint density at radius 3 is 2.00 bits per heavy atom. The van der Waals surface area contributed by atoms with Crippen LogP contribution in [0.1, 0.15) is 25.0 Å². The van der Waals surface area contributed by atoms with Gasteiger partial charge in [0.15, 0.2) is 0 Å². The fraction of sp³-hybridized carbons (Fsp3) is 0.400. The van der Waals surface area contributed by atoms with E-state index < -0.39 is 36.2 Å². The van der Waals surface area contributed by atoms with Gasteiger partial charge in [-0.2, -0.15) is 0 Å². The Morgan fingerprint density at radius 2 is 1.42 bits per heavy atom. The predicted molar refractivity (Wildman–Crippen MR) is 119 cm³/mol. The molecule has 3 rings (SSSR count). The van der Waals surface area contributed by atoms with Crippen molar-refractivity contribution >= 4 is 18.0 Å². The second kappa shape index (κ2) is 12.0. The predicted octanol–water partition coefficient (Wildman–Crippen LogP) is 3.34. The number of hydrogen-bond acceptors (Lipinski definition) is 7. The minimum Gasteiger partial charge on any atom is -0.465 e. The molecule has 0 radical (unpaired) electrons. The molecule has 1 aliphatic heterocycles. The number of carbonyl (C=O) groups is 3. The summed E-state index contributed by atoms with van der Waals surface area (Å²) in [6.45, 7) is 3.39. The highest BCUT2D eigenvalue weighted by Crippen LogP contribution is 2.26. The van der Waals surface area contributed by atoms with Crippen molar-refractivity contribution in [3.63, 3.8) is 0 Å². The summed E-state index contributed by atoms with van der Waals surface area (Å²) < 4.78 is 22.3. The van der Waals surface area contributed by atoms with Gasteiger partial charge in [-0.1, -0.05) is 60.7 Å². The van der Waals surface area contributed by atoms with Gasteiger partial charge in [-0.15, -0.1) is 0 Å². The van der Waals surface area contributed by atoms with Gasteiger partial charge in [0.1, 0.15) is 18.8 Å². The van der Waals surface area contributed by atoms with Crippen molar-refractivity contribution in [3.8, 4) is 0 Å². The van der Waals surface area contributed by atoms with E-state index in [0.717, 1.165) is 11.1 Å². The van der Waals surface area contributed by atoms with Crippen LogP contribution in [-0.2, 0) is 41.8 Å². The van der Waals surface area contributed by atoms with E-state index >= 15 is 0 Å². The first-order chi connectivity index (χ1) is 15.9. The topological polar surface area (TPSA) is 91.4 Å². The smallest absolute Gasteiger partial charge is 0.410 e. The summed E-state index contributed by atoms with van der Waals surface area (Å²) in [6, 6.07) is 18.9. The van der Waals surface area contributed by atoms with E-state index in [1.165, 1.54) is 18.7 Å². The molecule has 176 valence electrons. The number of carbonyl (C=O) groups excluding carboxylic acids is 3. The molecule has 0 saturated carbocycles. The van der Waals surface area contributed by atoms with E-state index in [9.17, 15) is 14.4 Å². The van der Waals surface area contributed by atoms with Gasteiger partial charge in [0.2, 0.25) is 0 Å². The van der Waals surface area contributed by atoms with Crippen molar-refractivity contribution in [1.29, 1.82) is 0 Å². The van der Waals surface area contributed by atoms with Crippen molar-refractivity contribution in [1.82, 2.24) is 4.90 Å². The van der Waals surface area contributed by atoms with Gasteiger partial charge in [-0.3, -0.25) is 9.59 Å². The van der Waals surface area contributed by atoms with E-state index in [2.05, 4.69) is 0 Å². The summed E-state index contributed by atoms with van der Waals surface area (Å²) in [6.07, 6.45) is -1.81. The van der Waals surface area contributed by atoms with E-state index in [4.69, 9.17) is 18.9 Å². The van der Waals surface area contributed by atoms with Crippen LogP contribution in [0.25, 0.3) is 0 Å². The van der Waals surface area contributed by atoms with Crippen LogP contribution < -0.4 is 0 Å². The van der Waals surface area contributed by atoms with Gasteiger partial charge in [-0.05, 0) is 11.1 Å². The first-order valence-electron chi connectivity index (χ1n) is 10.8. The first-order valence-corrected chi connectivity index (χ1v) is 10.8. The van der Waals surface area contributed by atoms with Gasteiger partial charge in [0.05, 0.1) is 25.7 Å². The van der Waals surface area contributed by atoms with Crippen molar-refractivity contribution in [3.05, 3.63) is 71.8 Å². The number of likely N-dealkylation sites (tertiary alicyclic amines) is 1. The Hall–Kier alpha value is -3.39. The molecular weight excluding hydrogens is 426 g/mol. The van der Waals surface area contributed by atoms with Crippen LogP contribution >= 0.6 is 0 Å². The molecule has 3 atom stereocenters. The van der Waals surface area contributed by atoms with Gasteiger partial charge in [0.25, 0.3) is 0 Å². The number of esters is 2. The lowest BCUT2D eigenvalue weighted by Crippen LogP contribution is -2.57. The van der Waals surface area contributed by atoms with Gasteiger partial charge >= 0.3 is 18.0 Å². The van der Waals surface area contributed by atoms with Crippen LogP contribution in [0.4, 0.5) is 4.79 Å². The molecule has 33 heavy (non-hydrogen) atoms. The molecule has 0 aromatic heterocycles. The summed E-state index contributed by atoms with van der Waals surface area (Å²) in [5, 5.41) is 0. The molecule has 1 aliphatic rings. The third kappa shape index (κ3) is 7.61. The molecule has 0 spiro atoms. The zero-order valence-electron chi connectivity index (χ0n) is 18.8. The molecule has 8 heteroatoms. The highest BCUT2D eigenvalue weighted by molar-refractivity contribution is 5.69. The number of rotatable bonds is 8. The highest BCUT2D eigenvalue weighted by atomic mass is 16.6. The summed E-state index contributed by atoms with van der Waals surface area (Å²) in [7, 11) is 0. The second-order valence-corrected chi connectivity index (χ2v) is 7.92. The fourth-order valence-electron chi connectivity index (χ4n) is 3.71. The van der Waals surface area contributed by atoms with Crippen LogP contribution in [-0.4, -0.2) is 54.8 Å². The molecule has 1 amide bonds. The quantitative estimate of drug-likeness (QED) is 0.445. The minimum absolute atomic E-state index is 0.0130. The Labute approximate surface area is 193 Å². The Bertz CT molecular complexity index is 919. The lowest BCUT2D eigenvalue weighted by Gasteiger charge is -2.42. The van der Waals surface area contributed by atoms with Gasteiger partial charge in [-0.25, -0.2) is 4.79 Å². The molecule has 1 heterocycles. The van der Waals surface area contributed by atoms with Crippen molar-refractivity contribution in [2.24, 2.45) is 5.92 Å². The summed E-state index contributed by atoms with van der Waals surface area (Å²) in [5.41, 5.74) is 1.81. The summed E-state index contributed by atoms with van der Waals surface area (Å²) >= 11 is 0. The Morgan fingerprint density at radius 1 is 0.818 bits per heavy atom. The number of hydrogen-bond donors (Lipinski definition) is 0. The molecular formula is C25H29NO7. The molecule has 2 aromatic carbocycles. The van der Waals surface area contributed by atoms with Gasteiger partial charge in [0, 0.05) is 20.4 Å². The van der Waals surface area contributed by atoms with Gasteiger partial charge < -0.3 is 23.8 Å². The molecule has 0 bridgehead atoms. The number of piperidine rings is 1. The van der Waals surface area contributed by atoms with Crippen LogP contribution in [0.2, 0.25) is 0 Å². The van der Waals surface area contributed by atoms with Crippen LogP contribution in [0.3, 0.4) is 0 Å². The summed E-state index contributed by atoms with van der Waals surface area (Å²) in [5.74, 6) is -1.39. The zero-order chi connectivity index (χ0) is 23.6. The van der Waals surface area contributed by atoms with Crippen LogP contribution in [0, 0.1) is 5.92 Å². The SMILES string of the molecule is CC(=O)OC[C@H]1CN(C(=O)OCc2ccccc2)C[C@@H](OCc2ccccc2)[C@@H]1OC(C)=O. The van der Waals surface area contributed by atoms with E-state index in [1.807, 2.05) is 60.7 Å². The van der Waals surface area contributed by atoms with E-state index in [0.29, 0.717) is 0 Å². The normalized spacial score (nSPS) is 20.1. The van der Waals surface area contributed by atoms with E-state index in [-0.39, 0.29) is 32.9 Å². The lowest BCUT2D eigenvalue weighted by molar-refractivity contribution is -0.175. The van der Waals surface area contributed by atoms with E-state index in [1.54, 1.807) is 0 Å². The molecule has 0 unspecified atom stereocenters. The lowest BCUT2D eigenvalue weighted by atomic mass is 9.92. The average molecular weight is 456 g/mol. The number of amides is 1. The second-order valence-electron chi connectivity index (χ2n) is 7.92. The number of nitrogens with zero attached hydrogens (tertiary/aromatic N) is 1. The first kappa shape index (κ1) is 24.3.